The number of halogens is 1. The third kappa shape index (κ3) is 5.26. The first-order valence-electron chi connectivity index (χ1n) is 12.0. The van der Waals surface area contributed by atoms with Crippen LogP contribution in [0.25, 0.3) is 0 Å². The molecule has 1 N–H and O–H groups in total. The number of rotatable bonds is 8. The minimum atomic E-state index is -0.525. The van der Waals surface area contributed by atoms with Crippen LogP contribution in [0.15, 0.2) is 60.7 Å². The molecule has 0 fully saturated rings. The maximum atomic E-state index is 14.1. The molecule has 188 valence electrons. The normalized spacial score (nSPS) is 14.9. The van der Waals surface area contributed by atoms with Crippen molar-refractivity contribution >= 4 is 29.1 Å². The average Bonchev–Trinajstić information content (AvgIpc) is 3.01. The lowest BCUT2D eigenvalue weighted by Gasteiger charge is -2.31. The molecule has 8 heteroatoms. The van der Waals surface area contributed by atoms with E-state index in [4.69, 9.17) is 25.8 Å². The van der Waals surface area contributed by atoms with Crippen LogP contribution < -0.4 is 19.5 Å². The summed E-state index contributed by atoms with van der Waals surface area (Å²) in [7, 11) is 0. The topological polar surface area (TPSA) is 77.1 Å². The quantitative estimate of drug-likeness (QED) is 0.421. The molecule has 0 saturated carbocycles. The zero-order valence-corrected chi connectivity index (χ0v) is 21.3. The van der Waals surface area contributed by atoms with Crippen LogP contribution in [0.5, 0.6) is 17.2 Å². The third-order valence-corrected chi connectivity index (χ3v) is 5.98. The SMILES string of the molecule is CCOc1cc(C(=O)N2CC(=O)Nc3cc(Cl)ccc3C2c2ccccc2)cc(OCC)c1OCC. The van der Waals surface area contributed by atoms with Crippen molar-refractivity contribution < 1.29 is 23.8 Å². The molecule has 0 aliphatic carbocycles. The van der Waals surface area contributed by atoms with E-state index in [9.17, 15) is 9.59 Å². The van der Waals surface area contributed by atoms with Crippen molar-refractivity contribution in [1.29, 1.82) is 0 Å². The van der Waals surface area contributed by atoms with Crippen molar-refractivity contribution in [2.24, 2.45) is 0 Å². The number of amides is 2. The molecule has 36 heavy (non-hydrogen) atoms. The third-order valence-electron chi connectivity index (χ3n) is 5.74. The average molecular weight is 509 g/mol. The van der Waals surface area contributed by atoms with Gasteiger partial charge < -0.3 is 24.4 Å². The highest BCUT2D eigenvalue weighted by molar-refractivity contribution is 6.31. The van der Waals surface area contributed by atoms with Crippen molar-refractivity contribution in [3.05, 3.63) is 82.4 Å². The molecule has 0 saturated heterocycles. The Hall–Kier alpha value is -3.71. The molecular weight excluding hydrogens is 480 g/mol. The van der Waals surface area contributed by atoms with E-state index in [1.165, 1.54) is 0 Å². The molecule has 1 aliphatic heterocycles. The molecule has 2 amide bonds. The van der Waals surface area contributed by atoms with Crippen molar-refractivity contribution in [1.82, 2.24) is 4.90 Å². The first-order chi connectivity index (χ1) is 17.5. The van der Waals surface area contributed by atoms with Gasteiger partial charge in [-0.2, -0.15) is 0 Å². The van der Waals surface area contributed by atoms with Crippen molar-refractivity contribution in [2.45, 2.75) is 26.8 Å². The summed E-state index contributed by atoms with van der Waals surface area (Å²) in [5.74, 6) is 0.622. The zero-order chi connectivity index (χ0) is 25.7. The number of ether oxygens (including phenoxy) is 3. The minimum Gasteiger partial charge on any atom is -0.490 e. The Kier molecular flexibility index (Phi) is 8.00. The van der Waals surface area contributed by atoms with E-state index in [-0.39, 0.29) is 18.4 Å². The van der Waals surface area contributed by atoms with E-state index >= 15 is 0 Å². The van der Waals surface area contributed by atoms with Crippen LogP contribution in [0.1, 0.15) is 48.3 Å². The lowest BCUT2D eigenvalue weighted by Crippen LogP contribution is -2.39. The fraction of sp³-hybridized carbons (Fsp3) is 0.286. The molecule has 1 unspecified atom stereocenters. The number of carbonyl (C=O) groups excluding carboxylic acids is 2. The minimum absolute atomic E-state index is 0.147. The summed E-state index contributed by atoms with van der Waals surface area (Å²) in [6.07, 6.45) is 0. The maximum Gasteiger partial charge on any atom is 0.255 e. The summed E-state index contributed by atoms with van der Waals surface area (Å²) in [6, 6.07) is 17.7. The summed E-state index contributed by atoms with van der Waals surface area (Å²) in [6.45, 7) is 6.62. The van der Waals surface area contributed by atoms with Gasteiger partial charge in [0.1, 0.15) is 6.54 Å². The van der Waals surface area contributed by atoms with E-state index < -0.39 is 6.04 Å². The fourth-order valence-corrected chi connectivity index (χ4v) is 4.51. The van der Waals surface area contributed by atoms with E-state index in [2.05, 4.69) is 5.32 Å². The van der Waals surface area contributed by atoms with E-state index in [1.807, 2.05) is 57.2 Å². The van der Waals surface area contributed by atoms with Gasteiger partial charge in [0.15, 0.2) is 11.5 Å². The fourth-order valence-electron chi connectivity index (χ4n) is 4.34. The summed E-state index contributed by atoms with van der Waals surface area (Å²) >= 11 is 6.23. The second kappa shape index (κ2) is 11.4. The number of hydrogen-bond donors (Lipinski definition) is 1. The summed E-state index contributed by atoms with van der Waals surface area (Å²) in [5, 5.41) is 3.40. The molecule has 0 spiro atoms. The van der Waals surface area contributed by atoms with Gasteiger partial charge in [-0.25, -0.2) is 0 Å². The van der Waals surface area contributed by atoms with Crippen LogP contribution >= 0.6 is 11.6 Å². The zero-order valence-electron chi connectivity index (χ0n) is 20.5. The molecule has 0 aromatic heterocycles. The number of fused-ring (bicyclic) bond motifs is 1. The summed E-state index contributed by atoms with van der Waals surface area (Å²) in [4.78, 5) is 28.6. The summed E-state index contributed by atoms with van der Waals surface area (Å²) in [5.41, 5.74) is 2.54. The Morgan fingerprint density at radius 2 is 1.58 bits per heavy atom. The van der Waals surface area contributed by atoms with Crippen molar-refractivity contribution in [3.8, 4) is 17.2 Å². The first kappa shape index (κ1) is 25.4. The monoisotopic (exact) mass is 508 g/mol. The van der Waals surface area contributed by atoms with E-state index in [0.29, 0.717) is 53.3 Å². The van der Waals surface area contributed by atoms with Crippen LogP contribution in [0, 0.1) is 0 Å². The maximum absolute atomic E-state index is 14.1. The lowest BCUT2D eigenvalue weighted by atomic mass is 9.95. The second-order valence-corrected chi connectivity index (χ2v) is 8.56. The number of nitrogens with zero attached hydrogens (tertiary/aromatic N) is 1. The van der Waals surface area contributed by atoms with Gasteiger partial charge in [-0.3, -0.25) is 9.59 Å². The highest BCUT2D eigenvalue weighted by atomic mass is 35.5. The molecule has 0 bridgehead atoms. The molecule has 1 atom stereocenters. The van der Waals surface area contributed by atoms with Crippen LogP contribution in [-0.4, -0.2) is 43.1 Å². The highest BCUT2D eigenvalue weighted by Crippen LogP contribution is 2.42. The van der Waals surface area contributed by atoms with Crippen molar-refractivity contribution in [2.75, 3.05) is 31.7 Å². The van der Waals surface area contributed by atoms with Crippen LogP contribution in [-0.2, 0) is 4.79 Å². The van der Waals surface area contributed by atoms with Gasteiger partial charge >= 0.3 is 0 Å². The van der Waals surface area contributed by atoms with Gasteiger partial charge in [0.05, 0.1) is 25.9 Å². The Bertz CT molecular complexity index is 1220. The summed E-state index contributed by atoms with van der Waals surface area (Å²) < 4.78 is 17.4. The van der Waals surface area contributed by atoms with E-state index in [0.717, 1.165) is 11.1 Å². The molecular formula is C28H29ClN2O5. The first-order valence-corrected chi connectivity index (χ1v) is 12.4. The van der Waals surface area contributed by atoms with Crippen LogP contribution in [0.4, 0.5) is 5.69 Å². The van der Waals surface area contributed by atoms with Gasteiger partial charge in [0.2, 0.25) is 11.7 Å². The molecule has 7 nitrogen and oxygen atoms in total. The molecule has 1 heterocycles. The van der Waals surface area contributed by atoms with Crippen LogP contribution in [0.2, 0.25) is 5.02 Å². The largest absolute Gasteiger partial charge is 0.490 e. The molecule has 3 aromatic carbocycles. The standard InChI is InChI=1S/C28H29ClN2O5/c1-4-34-23-14-19(15-24(35-5-2)27(23)36-6-3)28(33)31-17-25(32)30-22-16-20(29)12-13-21(22)26(31)18-10-8-7-9-11-18/h7-16,26H,4-6,17H2,1-3H3,(H,30,32). The second-order valence-electron chi connectivity index (χ2n) is 8.13. The highest BCUT2D eigenvalue weighted by Gasteiger charge is 2.35. The molecule has 0 radical (unpaired) electrons. The van der Waals surface area contributed by atoms with Gasteiger partial charge in [-0.1, -0.05) is 48.0 Å². The molecule has 3 aromatic rings. The Morgan fingerprint density at radius 3 is 2.19 bits per heavy atom. The molecule has 4 rings (SSSR count). The Labute approximate surface area is 215 Å². The number of nitrogens with one attached hydrogen (secondary N) is 1. The lowest BCUT2D eigenvalue weighted by molar-refractivity contribution is -0.117. The van der Waals surface area contributed by atoms with Crippen molar-refractivity contribution in [3.63, 3.8) is 0 Å². The number of benzene rings is 3. The number of carbonyl (C=O) groups is 2. The Morgan fingerprint density at radius 1 is 0.944 bits per heavy atom. The van der Waals surface area contributed by atoms with Gasteiger partial charge in [0, 0.05) is 21.8 Å². The number of anilines is 1. The van der Waals surface area contributed by atoms with Gasteiger partial charge in [0.25, 0.3) is 5.91 Å². The van der Waals surface area contributed by atoms with Gasteiger partial charge in [-0.15, -0.1) is 0 Å². The van der Waals surface area contributed by atoms with E-state index in [1.54, 1.807) is 29.2 Å². The predicted molar refractivity (Wildman–Crippen MR) is 139 cm³/mol. The number of hydrogen-bond acceptors (Lipinski definition) is 5. The Balaban J connectivity index is 1.86. The predicted octanol–water partition coefficient (Wildman–Crippen LogP) is 5.72. The van der Waals surface area contributed by atoms with Gasteiger partial charge in [-0.05, 0) is 50.6 Å². The van der Waals surface area contributed by atoms with Crippen LogP contribution in [0.3, 0.4) is 0 Å². The molecule has 1 aliphatic rings. The smallest absolute Gasteiger partial charge is 0.255 e.